The summed E-state index contributed by atoms with van der Waals surface area (Å²) in [5.41, 5.74) is 2.08. The molecule has 1 aliphatic heterocycles. The van der Waals surface area contributed by atoms with Gasteiger partial charge in [-0.25, -0.2) is 4.98 Å². The van der Waals surface area contributed by atoms with E-state index in [0.717, 1.165) is 31.1 Å². The molecule has 5 heteroatoms. The minimum atomic E-state index is -0.173. The zero-order valence-electron chi connectivity index (χ0n) is 12.9. The van der Waals surface area contributed by atoms with E-state index in [4.69, 9.17) is 0 Å². The zero-order valence-corrected chi connectivity index (χ0v) is 12.9. The molecule has 2 fully saturated rings. The highest BCUT2D eigenvalue weighted by Gasteiger charge is 2.36. The van der Waals surface area contributed by atoms with Crippen molar-refractivity contribution in [3.8, 4) is 0 Å². The minimum Gasteiger partial charge on any atom is -0.392 e. The average molecular weight is 300 g/mol. The quantitative estimate of drug-likeness (QED) is 0.944. The maximum atomic E-state index is 10.2. The molecule has 0 spiro atoms. The van der Waals surface area contributed by atoms with Gasteiger partial charge in [0, 0.05) is 31.5 Å². The molecule has 2 aromatic rings. The van der Waals surface area contributed by atoms with E-state index in [1.54, 1.807) is 12.4 Å². The Balaban J connectivity index is 1.54. The molecule has 3 heterocycles. The molecule has 118 valence electrons. The Kier molecular flexibility index (Phi) is 3.84. The number of nitrogens with zero attached hydrogens (tertiary/aromatic N) is 4. The third-order valence-electron chi connectivity index (χ3n) is 5.38. The number of aliphatic hydroxyl groups excluding tert-OH is 1. The number of fused-ring (bicyclic) bond motifs is 1. The fourth-order valence-electron chi connectivity index (χ4n) is 4.32. The first-order chi connectivity index (χ1) is 10.8. The van der Waals surface area contributed by atoms with Crippen molar-refractivity contribution in [3.63, 3.8) is 0 Å². The zero-order chi connectivity index (χ0) is 14.9. The van der Waals surface area contributed by atoms with Gasteiger partial charge in [-0.15, -0.1) is 0 Å². The monoisotopic (exact) mass is 300 g/mol. The number of hydrogen-bond acceptors (Lipinski definition) is 4. The van der Waals surface area contributed by atoms with Crippen molar-refractivity contribution in [1.29, 1.82) is 0 Å². The molecule has 1 saturated heterocycles. The summed E-state index contributed by atoms with van der Waals surface area (Å²) in [4.78, 5) is 11.0. The van der Waals surface area contributed by atoms with Gasteiger partial charge in [0.25, 0.3) is 0 Å². The molecule has 2 aliphatic rings. The Hall–Kier alpha value is -1.46. The van der Waals surface area contributed by atoms with Crippen LogP contribution in [0.15, 0.2) is 24.8 Å². The second-order valence-electron chi connectivity index (χ2n) is 6.84. The molecular formula is C17H24N4O. The van der Waals surface area contributed by atoms with Crippen LogP contribution in [0.3, 0.4) is 0 Å². The molecule has 22 heavy (non-hydrogen) atoms. The minimum absolute atomic E-state index is 0.173. The molecule has 0 amide bonds. The summed E-state index contributed by atoms with van der Waals surface area (Å²) in [5.74, 6) is 0.756. The lowest BCUT2D eigenvalue weighted by atomic mass is 9.82. The first kappa shape index (κ1) is 14.2. The number of β-amino-alcohol motifs (C(OH)–C–C–N with tert-alkyl or cyclic N) is 1. The maximum Gasteiger partial charge on any atom is 0.155 e. The number of aromatic nitrogens is 3. The molecular weight excluding hydrogens is 276 g/mol. The summed E-state index contributed by atoms with van der Waals surface area (Å²) in [5, 5.41) is 10.2. The Morgan fingerprint density at radius 1 is 1.18 bits per heavy atom. The highest BCUT2D eigenvalue weighted by atomic mass is 16.3. The molecule has 0 unspecified atom stereocenters. The van der Waals surface area contributed by atoms with E-state index in [1.807, 2.05) is 12.4 Å². The Labute approximate surface area is 131 Å². The smallest absolute Gasteiger partial charge is 0.155 e. The van der Waals surface area contributed by atoms with Crippen LogP contribution in [0, 0.1) is 5.92 Å². The molecule has 2 atom stereocenters. The van der Waals surface area contributed by atoms with Gasteiger partial charge in [-0.1, -0.05) is 19.3 Å². The van der Waals surface area contributed by atoms with Crippen molar-refractivity contribution < 1.29 is 5.11 Å². The van der Waals surface area contributed by atoms with Crippen molar-refractivity contribution in [2.75, 3.05) is 6.54 Å². The average Bonchev–Trinajstić information content (AvgIpc) is 3.13. The van der Waals surface area contributed by atoms with E-state index in [9.17, 15) is 5.11 Å². The molecule has 5 nitrogen and oxygen atoms in total. The van der Waals surface area contributed by atoms with Crippen LogP contribution < -0.4 is 0 Å². The lowest BCUT2D eigenvalue weighted by molar-refractivity contribution is 0.146. The second kappa shape index (κ2) is 5.97. The van der Waals surface area contributed by atoms with Crippen LogP contribution in [-0.2, 0) is 6.54 Å². The molecule has 1 N–H and O–H groups in total. The van der Waals surface area contributed by atoms with E-state index in [2.05, 4.69) is 19.3 Å². The van der Waals surface area contributed by atoms with Gasteiger partial charge in [-0.3, -0.25) is 14.3 Å². The molecule has 4 rings (SSSR count). The maximum absolute atomic E-state index is 10.2. The van der Waals surface area contributed by atoms with Gasteiger partial charge in [-0.2, -0.15) is 0 Å². The standard InChI is InChI=1S/C17H24N4O/c22-15-8-16(13-4-2-1-3-5-13)20(12-15)11-14-9-19-17-10-18-6-7-21(14)17/h6-7,9-10,13,15-16,22H,1-5,8,11-12H2/t15-,16-/m1/s1. The van der Waals surface area contributed by atoms with Gasteiger partial charge in [0.05, 0.1) is 24.2 Å². The van der Waals surface area contributed by atoms with Gasteiger partial charge in [-0.05, 0) is 25.2 Å². The summed E-state index contributed by atoms with van der Waals surface area (Å²) < 4.78 is 2.11. The van der Waals surface area contributed by atoms with Crippen LogP contribution in [0.4, 0.5) is 0 Å². The van der Waals surface area contributed by atoms with Gasteiger partial charge in [0.1, 0.15) is 0 Å². The fraction of sp³-hybridized carbons (Fsp3) is 0.647. The fourth-order valence-corrected chi connectivity index (χ4v) is 4.32. The van der Waals surface area contributed by atoms with E-state index in [-0.39, 0.29) is 6.10 Å². The molecule has 0 radical (unpaired) electrons. The number of likely N-dealkylation sites (tertiary alicyclic amines) is 1. The van der Waals surface area contributed by atoms with Crippen LogP contribution in [0.25, 0.3) is 5.65 Å². The van der Waals surface area contributed by atoms with Crippen LogP contribution in [0.5, 0.6) is 0 Å². The number of hydrogen-bond donors (Lipinski definition) is 1. The number of imidazole rings is 1. The molecule has 2 aromatic heterocycles. The highest BCUT2D eigenvalue weighted by Crippen LogP contribution is 2.35. The SMILES string of the molecule is O[C@@H]1C[C@H](C2CCCCC2)N(Cc2cnc3cnccn23)C1. The van der Waals surface area contributed by atoms with Crippen LogP contribution in [0.2, 0.25) is 0 Å². The topological polar surface area (TPSA) is 53.7 Å². The Bertz CT molecular complexity index is 634. The first-order valence-electron chi connectivity index (χ1n) is 8.49. The Morgan fingerprint density at radius 2 is 2.05 bits per heavy atom. The second-order valence-corrected chi connectivity index (χ2v) is 6.84. The predicted octanol–water partition coefficient (Wildman–Crippen LogP) is 2.24. The first-order valence-corrected chi connectivity index (χ1v) is 8.49. The van der Waals surface area contributed by atoms with E-state index < -0.39 is 0 Å². The predicted molar refractivity (Wildman–Crippen MR) is 84.4 cm³/mol. The summed E-state index contributed by atoms with van der Waals surface area (Å²) in [6.07, 6.45) is 15.0. The van der Waals surface area contributed by atoms with Crippen LogP contribution >= 0.6 is 0 Å². The molecule has 1 saturated carbocycles. The molecule has 0 aromatic carbocycles. The Morgan fingerprint density at radius 3 is 2.91 bits per heavy atom. The third kappa shape index (κ3) is 2.63. The lowest BCUT2D eigenvalue weighted by Gasteiger charge is -2.33. The van der Waals surface area contributed by atoms with Gasteiger partial charge in [0.2, 0.25) is 0 Å². The number of rotatable bonds is 3. The van der Waals surface area contributed by atoms with E-state index >= 15 is 0 Å². The summed E-state index contributed by atoms with van der Waals surface area (Å²) in [7, 11) is 0. The summed E-state index contributed by atoms with van der Waals surface area (Å²) >= 11 is 0. The largest absolute Gasteiger partial charge is 0.392 e. The number of aliphatic hydroxyl groups is 1. The summed E-state index contributed by atoms with van der Waals surface area (Å²) in [6, 6.07) is 0.530. The molecule has 1 aliphatic carbocycles. The van der Waals surface area contributed by atoms with E-state index in [0.29, 0.717) is 6.04 Å². The van der Waals surface area contributed by atoms with Crippen LogP contribution in [0.1, 0.15) is 44.2 Å². The van der Waals surface area contributed by atoms with E-state index in [1.165, 1.54) is 37.8 Å². The molecule has 0 bridgehead atoms. The van der Waals surface area contributed by atoms with Crippen molar-refractivity contribution in [3.05, 3.63) is 30.5 Å². The van der Waals surface area contributed by atoms with Gasteiger partial charge in [0.15, 0.2) is 5.65 Å². The van der Waals surface area contributed by atoms with Gasteiger partial charge < -0.3 is 5.11 Å². The van der Waals surface area contributed by atoms with Crippen molar-refractivity contribution in [2.45, 2.75) is 57.2 Å². The van der Waals surface area contributed by atoms with Crippen molar-refractivity contribution in [2.24, 2.45) is 5.92 Å². The van der Waals surface area contributed by atoms with Crippen LogP contribution in [-0.4, -0.2) is 43.1 Å². The van der Waals surface area contributed by atoms with Crippen molar-refractivity contribution in [1.82, 2.24) is 19.3 Å². The lowest BCUT2D eigenvalue weighted by Crippen LogP contribution is -2.36. The normalized spacial score (nSPS) is 27.7. The van der Waals surface area contributed by atoms with Crippen molar-refractivity contribution >= 4 is 5.65 Å². The van der Waals surface area contributed by atoms with Gasteiger partial charge >= 0.3 is 0 Å². The summed E-state index contributed by atoms with van der Waals surface area (Å²) in [6.45, 7) is 1.66. The third-order valence-corrected chi connectivity index (χ3v) is 5.38. The highest BCUT2D eigenvalue weighted by molar-refractivity contribution is 5.36.